The van der Waals surface area contributed by atoms with Gasteiger partial charge in [0, 0.05) is 12.8 Å². The number of hydrogen-bond acceptors (Lipinski definition) is 4. The second kappa shape index (κ2) is 7.07. The molecule has 0 heterocycles. The van der Waals surface area contributed by atoms with Crippen molar-refractivity contribution in [3.8, 4) is 6.07 Å². The average Bonchev–Trinajstić information content (AvgIpc) is 2.34. The van der Waals surface area contributed by atoms with Crippen molar-refractivity contribution in [2.75, 3.05) is 12.8 Å². The van der Waals surface area contributed by atoms with Gasteiger partial charge >= 0.3 is 0 Å². The molecule has 5 nitrogen and oxygen atoms in total. The summed E-state index contributed by atoms with van der Waals surface area (Å²) in [5.74, 6) is -0.361. The Labute approximate surface area is 122 Å². The maximum Gasteiger partial charge on any atom is 0.240 e. The standard InChI is InChI=1S/C14H26N2O3S/c1-6-8-14(10-15,9-7-2)12(17)16-11-13(3,4)20(5,18)19/h6-9,11H2,1-5H3,(H,16,17). The molecule has 6 heteroatoms. The minimum absolute atomic E-state index is 0.0154. The summed E-state index contributed by atoms with van der Waals surface area (Å²) in [5, 5.41) is 12.0. The minimum Gasteiger partial charge on any atom is -0.353 e. The Kier molecular flexibility index (Phi) is 6.69. The van der Waals surface area contributed by atoms with Crippen LogP contribution in [0.2, 0.25) is 0 Å². The fraction of sp³-hybridized carbons (Fsp3) is 0.857. The second-order valence-electron chi connectivity index (χ2n) is 5.91. The molecule has 0 rings (SSSR count). The molecule has 0 bridgehead atoms. The van der Waals surface area contributed by atoms with Gasteiger partial charge in [-0.1, -0.05) is 26.7 Å². The molecular formula is C14H26N2O3S. The lowest BCUT2D eigenvalue weighted by atomic mass is 9.79. The van der Waals surface area contributed by atoms with Gasteiger partial charge in [-0.2, -0.15) is 5.26 Å². The van der Waals surface area contributed by atoms with Gasteiger partial charge in [0.05, 0.1) is 10.8 Å². The van der Waals surface area contributed by atoms with E-state index in [1.807, 2.05) is 13.8 Å². The van der Waals surface area contributed by atoms with Crippen molar-refractivity contribution in [3.05, 3.63) is 0 Å². The van der Waals surface area contributed by atoms with Crippen LogP contribution in [0.3, 0.4) is 0 Å². The van der Waals surface area contributed by atoms with E-state index >= 15 is 0 Å². The van der Waals surface area contributed by atoms with Crippen LogP contribution in [0, 0.1) is 16.7 Å². The van der Waals surface area contributed by atoms with Crippen LogP contribution in [0.25, 0.3) is 0 Å². The van der Waals surface area contributed by atoms with Gasteiger partial charge in [0.2, 0.25) is 5.91 Å². The van der Waals surface area contributed by atoms with E-state index in [-0.39, 0.29) is 12.5 Å². The fourth-order valence-electron chi connectivity index (χ4n) is 1.96. The first kappa shape index (κ1) is 18.9. The van der Waals surface area contributed by atoms with E-state index in [1.165, 1.54) is 0 Å². The van der Waals surface area contributed by atoms with Crippen molar-refractivity contribution < 1.29 is 13.2 Å². The first-order chi connectivity index (χ1) is 9.06. The Morgan fingerprint density at radius 3 is 1.95 bits per heavy atom. The van der Waals surface area contributed by atoms with Gasteiger partial charge in [0.1, 0.15) is 5.41 Å². The maximum absolute atomic E-state index is 12.3. The van der Waals surface area contributed by atoms with Gasteiger partial charge in [-0.05, 0) is 26.7 Å². The van der Waals surface area contributed by atoms with E-state index in [2.05, 4.69) is 11.4 Å². The molecule has 0 saturated carbocycles. The number of hydrogen-bond donors (Lipinski definition) is 1. The van der Waals surface area contributed by atoms with Gasteiger partial charge in [-0.15, -0.1) is 0 Å². The van der Waals surface area contributed by atoms with Crippen molar-refractivity contribution in [3.63, 3.8) is 0 Å². The Bertz CT molecular complexity index is 469. The summed E-state index contributed by atoms with van der Waals surface area (Å²) < 4.78 is 22.2. The van der Waals surface area contributed by atoms with Crippen molar-refractivity contribution in [1.29, 1.82) is 5.26 Å². The predicted octanol–water partition coefficient (Wildman–Crippen LogP) is 2.04. The zero-order chi connectivity index (χ0) is 16.0. The molecule has 0 aliphatic carbocycles. The van der Waals surface area contributed by atoms with Crippen molar-refractivity contribution >= 4 is 15.7 Å². The summed E-state index contributed by atoms with van der Waals surface area (Å²) in [6.45, 7) is 7.00. The Morgan fingerprint density at radius 2 is 1.65 bits per heavy atom. The number of amides is 1. The molecule has 0 radical (unpaired) electrons. The molecule has 0 aromatic carbocycles. The van der Waals surface area contributed by atoms with Gasteiger partial charge in [-0.25, -0.2) is 8.42 Å². The number of carbonyl (C=O) groups excluding carboxylic acids is 1. The minimum atomic E-state index is -3.27. The molecule has 116 valence electrons. The third-order valence-electron chi connectivity index (χ3n) is 3.68. The number of nitrogens with one attached hydrogen (secondary N) is 1. The van der Waals surface area contributed by atoms with Gasteiger partial charge in [-0.3, -0.25) is 4.79 Å². The smallest absolute Gasteiger partial charge is 0.240 e. The highest BCUT2D eigenvalue weighted by Gasteiger charge is 2.39. The van der Waals surface area contributed by atoms with Crippen molar-refractivity contribution in [2.24, 2.45) is 5.41 Å². The lowest BCUT2D eigenvalue weighted by Crippen LogP contribution is -2.48. The zero-order valence-corrected chi connectivity index (χ0v) is 13.9. The highest BCUT2D eigenvalue weighted by molar-refractivity contribution is 7.92. The SMILES string of the molecule is CCCC(C#N)(CCC)C(=O)NCC(C)(C)S(C)(=O)=O. The maximum atomic E-state index is 12.3. The monoisotopic (exact) mass is 302 g/mol. The van der Waals surface area contributed by atoms with Crippen LogP contribution >= 0.6 is 0 Å². The van der Waals surface area contributed by atoms with E-state index in [4.69, 9.17) is 0 Å². The summed E-state index contributed by atoms with van der Waals surface area (Å²) in [4.78, 5) is 12.3. The molecule has 0 unspecified atom stereocenters. The molecule has 0 aromatic rings. The summed E-state index contributed by atoms with van der Waals surface area (Å²) in [6.07, 6.45) is 3.59. The number of carbonyl (C=O) groups is 1. The first-order valence-corrected chi connectivity index (χ1v) is 8.84. The highest BCUT2D eigenvalue weighted by atomic mass is 32.2. The van der Waals surface area contributed by atoms with E-state index < -0.39 is 20.0 Å². The van der Waals surface area contributed by atoms with Crippen molar-refractivity contribution in [2.45, 2.75) is 58.1 Å². The van der Waals surface area contributed by atoms with Gasteiger partial charge in [0.15, 0.2) is 9.84 Å². The normalized spacial score (nSPS) is 12.8. The van der Waals surface area contributed by atoms with Crippen LogP contribution in [0.1, 0.15) is 53.4 Å². The van der Waals surface area contributed by atoms with Crippen molar-refractivity contribution in [1.82, 2.24) is 5.32 Å². The van der Waals surface area contributed by atoms with Crippen LogP contribution in [0.4, 0.5) is 0 Å². The molecule has 0 atom stereocenters. The molecule has 0 spiro atoms. The first-order valence-electron chi connectivity index (χ1n) is 6.95. The fourth-order valence-corrected chi connectivity index (χ4v) is 2.30. The van der Waals surface area contributed by atoms with Crippen LogP contribution in [0.15, 0.2) is 0 Å². The molecule has 0 saturated heterocycles. The van der Waals surface area contributed by atoms with Crippen LogP contribution < -0.4 is 5.32 Å². The number of nitrogens with zero attached hydrogens (tertiary/aromatic N) is 1. The zero-order valence-electron chi connectivity index (χ0n) is 13.1. The Morgan fingerprint density at radius 1 is 1.20 bits per heavy atom. The van der Waals surface area contributed by atoms with E-state index in [0.29, 0.717) is 12.8 Å². The predicted molar refractivity (Wildman–Crippen MR) is 79.8 cm³/mol. The molecule has 1 amide bonds. The third-order valence-corrected chi connectivity index (χ3v) is 5.83. The number of sulfone groups is 1. The average molecular weight is 302 g/mol. The summed E-state index contributed by atoms with van der Waals surface area (Å²) in [7, 11) is -3.27. The van der Waals surface area contributed by atoms with Gasteiger partial charge in [0.25, 0.3) is 0 Å². The third kappa shape index (κ3) is 4.48. The lowest BCUT2D eigenvalue weighted by molar-refractivity contribution is -0.129. The van der Waals surface area contributed by atoms with E-state index in [9.17, 15) is 18.5 Å². The topological polar surface area (TPSA) is 87.0 Å². The lowest BCUT2D eigenvalue weighted by Gasteiger charge is -2.28. The highest BCUT2D eigenvalue weighted by Crippen LogP contribution is 2.29. The largest absolute Gasteiger partial charge is 0.353 e. The molecule has 0 aromatic heterocycles. The molecule has 0 aliphatic heterocycles. The summed E-state index contributed by atoms with van der Waals surface area (Å²) in [5.41, 5.74) is -1.04. The molecule has 1 N–H and O–H groups in total. The van der Waals surface area contributed by atoms with Crippen LogP contribution in [-0.2, 0) is 14.6 Å². The second-order valence-corrected chi connectivity index (χ2v) is 8.56. The van der Waals surface area contributed by atoms with E-state index in [0.717, 1.165) is 19.1 Å². The van der Waals surface area contributed by atoms with Crippen LogP contribution in [-0.4, -0.2) is 31.9 Å². The quantitative estimate of drug-likeness (QED) is 0.743. The Balaban J connectivity index is 5.02. The van der Waals surface area contributed by atoms with E-state index in [1.54, 1.807) is 13.8 Å². The molecular weight excluding hydrogens is 276 g/mol. The Hall–Kier alpha value is -1.09. The molecule has 20 heavy (non-hydrogen) atoms. The number of rotatable bonds is 8. The molecule has 0 fully saturated rings. The molecule has 0 aliphatic rings. The van der Waals surface area contributed by atoms with Crippen LogP contribution in [0.5, 0.6) is 0 Å². The number of nitriles is 1. The van der Waals surface area contributed by atoms with Gasteiger partial charge < -0.3 is 5.32 Å². The summed E-state index contributed by atoms with van der Waals surface area (Å²) in [6, 6.07) is 2.13. The summed E-state index contributed by atoms with van der Waals surface area (Å²) >= 11 is 0.